The predicted molar refractivity (Wildman–Crippen MR) is 135 cm³/mol. The Hall–Kier alpha value is -1.18. The number of carbonyl (C=O) groups excluding carboxylic acids is 1. The maximum Gasteiger partial charge on any atom is 0.126 e. The van der Waals surface area contributed by atoms with E-state index in [-0.39, 0.29) is 5.78 Å². The Morgan fingerprint density at radius 2 is 1.25 bits per heavy atom. The van der Waals surface area contributed by atoms with Gasteiger partial charge in [0.05, 0.1) is 0 Å². The minimum atomic E-state index is 0.167. The largest absolute Gasteiger partial charge is 0.300 e. The van der Waals surface area contributed by atoms with E-state index in [1.165, 1.54) is 50.7 Å². The van der Waals surface area contributed by atoms with Crippen LogP contribution >= 0.6 is 0 Å². The Labute approximate surface area is 180 Å². The molecule has 0 N–H and O–H groups in total. The van der Waals surface area contributed by atoms with Gasteiger partial charge in [-0.1, -0.05) is 92.7 Å². The van der Waals surface area contributed by atoms with Crippen LogP contribution in [0.5, 0.6) is 0 Å². The first-order valence-electron chi connectivity index (χ1n) is 11.5. The van der Waals surface area contributed by atoms with Crippen LogP contribution in [0, 0.1) is 5.92 Å². The van der Waals surface area contributed by atoms with Gasteiger partial charge in [0, 0.05) is 11.9 Å². The van der Waals surface area contributed by atoms with E-state index in [1.54, 1.807) is 0 Å². The van der Waals surface area contributed by atoms with E-state index in [1.807, 2.05) is 33.9 Å². The van der Waals surface area contributed by atoms with Crippen molar-refractivity contribution in [2.24, 2.45) is 10.9 Å². The van der Waals surface area contributed by atoms with Gasteiger partial charge in [-0.15, -0.1) is 0 Å². The second-order valence-corrected chi connectivity index (χ2v) is 6.59. The molecule has 0 atom stereocenters. The molecule has 0 fully saturated rings. The molecule has 0 aliphatic heterocycles. The third-order valence-electron chi connectivity index (χ3n) is 3.81. The summed E-state index contributed by atoms with van der Waals surface area (Å²) in [6, 6.07) is 0. The second kappa shape index (κ2) is 33.4. The van der Waals surface area contributed by atoms with Crippen molar-refractivity contribution in [3.63, 3.8) is 0 Å². The van der Waals surface area contributed by atoms with Crippen LogP contribution in [0.15, 0.2) is 27.9 Å². The molecule has 0 saturated heterocycles. The number of aliphatic imine (C=N–C) groups is 1. The fraction of sp³-hybridized carbons (Fsp3) is 0.769. The fourth-order valence-corrected chi connectivity index (χ4v) is 1.41. The molecule has 0 aromatic carbocycles. The molecule has 0 saturated carbocycles. The molecule has 0 spiro atoms. The monoisotopic (exact) mass is 397 g/mol. The first kappa shape index (κ1) is 37.6. The van der Waals surface area contributed by atoms with Crippen molar-refractivity contribution in [1.82, 2.24) is 0 Å². The molecular formula is C26H55NO. The molecule has 0 bridgehead atoms. The van der Waals surface area contributed by atoms with Crippen LogP contribution in [-0.4, -0.2) is 12.0 Å². The number of carbonyl (C=O) groups is 1. The van der Waals surface area contributed by atoms with Gasteiger partial charge in [-0.3, -0.25) is 4.99 Å². The zero-order valence-electron chi connectivity index (χ0n) is 22.1. The molecule has 0 unspecified atom stereocenters. The van der Waals surface area contributed by atoms with Gasteiger partial charge in [-0.2, -0.15) is 0 Å². The lowest BCUT2D eigenvalue weighted by Crippen LogP contribution is -1.85. The van der Waals surface area contributed by atoms with Crippen molar-refractivity contribution < 1.29 is 4.79 Å². The van der Waals surface area contributed by atoms with Crippen LogP contribution in [0.3, 0.4) is 0 Å². The summed E-state index contributed by atoms with van der Waals surface area (Å²) in [4.78, 5) is 13.8. The van der Waals surface area contributed by atoms with Crippen molar-refractivity contribution in [1.29, 1.82) is 0 Å². The van der Waals surface area contributed by atoms with Gasteiger partial charge in [0.15, 0.2) is 0 Å². The quantitative estimate of drug-likeness (QED) is 0.393. The van der Waals surface area contributed by atoms with E-state index < -0.39 is 0 Å². The molecule has 0 radical (unpaired) electrons. The van der Waals surface area contributed by atoms with Gasteiger partial charge in [0.2, 0.25) is 0 Å². The highest BCUT2D eigenvalue weighted by Gasteiger charge is 1.90. The molecule has 28 heavy (non-hydrogen) atoms. The standard InChI is InChI=1S/C13H23N.C6H14.C3H6O.2C2H6/c1-6-8-11(3)9-10-14-13(5)12(4)7-2;1-4-6(3)5-2;1-3(2)4;2*1-2/h9-10H,6-8H2,1-5H3;6H,4-5H2,1-3H3;1-2H3;2*1-2H3/b11-9+,13-12?,14-10?;;;;. The Morgan fingerprint density at radius 1 is 0.857 bits per heavy atom. The summed E-state index contributed by atoms with van der Waals surface area (Å²) in [7, 11) is 0. The molecule has 170 valence electrons. The zero-order valence-corrected chi connectivity index (χ0v) is 22.1. The fourth-order valence-electron chi connectivity index (χ4n) is 1.41. The Balaban J connectivity index is -0.000000104. The molecule has 0 heterocycles. The SMILES string of the molecule is CC.CC.CC(C)=O.CCC(C)CC.CCC/C(C)=C/C=NC(C)=C(C)CC. The third kappa shape index (κ3) is 44.3. The van der Waals surface area contributed by atoms with E-state index in [9.17, 15) is 4.79 Å². The number of nitrogens with zero attached hydrogens (tertiary/aromatic N) is 1. The summed E-state index contributed by atoms with van der Waals surface area (Å²) >= 11 is 0. The van der Waals surface area contributed by atoms with E-state index in [0.29, 0.717) is 0 Å². The summed E-state index contributed by atoms with van der Waals surface area (Å²) in [5.41, 5.74) is 3.91. The van der Waals surface area contributed by atoms with Gasteiger partial charge < -0.3 is 4.79 Å². The van der Waals surface area contributed by atoms with Gasteiger partial charge in [-0.25, -0.2) is 0 Å². The van der Waals surface area contributed by atoms with Crippen LogP contribution in [0.25, 0.3) is 0 Å². The lowest BCUT2D eigenvalue weighted by Gasteiger charge is -1.98. The first-order valence-corrected chi connectivity index (χ1v) is 11.5. The number of hydrogen-bond donors (Lipinski definition) is 0. The highest BCUT2D eigenvalue weighted by atomic mass is 16.1. The minimum Gasteiger partial charge on any atom is -0.300 e. The smallest absolute Gasteiger partial charge is 0.126 e. The predicted octanol–water partition coefficient (Wildman–Crippen LogP) is 9.60. The van der Waals surface area contributed by atoms with Gasteiger partial charge in [0.25, 0.3) is 0 Å². The van der Waals surface area contributed by atoms with E-state index in [0.717, 1.165) is 18.0 Å². The summed E-state index contributed by atoms with van der Waals surface area (Å²) in [6.45, 7) is 28.5. The van der Waals surface area contributed by atoms with Crippen molar-refractivity contribution in [3.8, 4) is 0 Å². The number of Topliss-reactive ketones (excluding diaryl/α,β-unsaturated/α-hetero) is 1. The van der Waals surface area contributed by atoms with Gasteiger partial charge in [0.1, 0.15) is 5.78 Å². The molecular weight excluding hydrogens is 342 g/mol. The van der Waals surface area contributed by atoms with Crippen LogP contribution in [-0.2, 0) is 4.79 Å². The molecule has 0 aromatic heterocycles. The van der Waals surface area contributed by atoms with Gasteiger partial charge >= 0.3 is 0 Å². The van der Waals surface area contributed by atoms with Crippen LogP contribution < -0.4 is 0 Å². The lowest BCUT2D eigenvalue weighted by atomic mass is 10.1. The average molecular weight is 398 g/mol. The normalized spacial score (nSPS) is 10.9. The summed E-state index contributed by atoms with van der Waals surface area (Å²) in [5, 5.41) is 0. The van der Waals surface area contributed by atoms with Gasteiger partial charge in [-0.05, 0) is 59.5 Å². The molecule has 2 heteroatoms. The molecule has 0 amide bonds. The van der Waals surface area contributed by atoms with E-state index in [2.05, 4.69) is 66.5 Å². The molecule has 0 aliphatic rings. The average Bonchev–Trinajstić information content (AvgIpc) is 2.69. The van der Waals surface area contributed by atoms with Crippen LogP contribution in [0.1, 0.15) is 129 Å². The summed E-state index contributed by atoms with van der Waals surface area (Å²) in [6.07, 6.45) is 10.1. The Kier molecular flexibility index (Phi) is 44.8. The maximum absolute atomic E-state index is 9.44. The van der Waals surface area contributed by atoms with Crippen molar-refractivity contribution in [3.05, 3.63) is 22.9 Å². The van der Waals surface area contributed by atoms with E-state index >= 15 is 0 Å². The second-order valence-electron chi connectivity index (χ2n) is 6.59. The molecule has 0 aromatic rings. The highest BCUT2D eigenvalue weighted by molar-refractivity contribution is 5.73. The summed E-state index contributed by atoms with van der Waals surface area (Å²) < 4.78 is 0. The zero-order chi connectivity index (χ0) is 23.5. The molecule has 0 rings (SSSR count). The third-order valence-corrected chi connectivity index (χ3v) is 3.81. The number of allylic oxidation sites excluding steroid dienone is 4. The maximum atomic E-state index is 9.44. The number of ketones is 1. The molecule has 0 aliphatic carbocycles. The van der Waals surface area contributed by atoms with Crippen molar-refractivity contribution in [2.45, 2.75) is 129 Å². The van der Waals surface area contributed by atoms with E-state index in [4.69, 9.17) is 0 Å². The molecule has 2 nitrogen and oxygen atoms in total. The Bertz CT molecular complexity index is 381. The van der Waals surface area contributed by atoms with Crippen molar-refractivity contribution in [2.75, 3.05) is 0 Å². The summed E-state index contributed by atoms with van der Waals surface area (Å²) in [5.74, 6) is 1.10. The topological polar surface area (TPSA) is 29.4 Å². The lowest BCUT2D eigenvalue weighted by molar-refractivity contribution is -0.114. The van der Waals surface area contributed by atoms with Crippen LogP contribution in [0.2, 0.25) is 0 Å². The highest BCUT2D eigenvalue weighted by Crippen LogP contribution is 2.08. The Morgan fingerprint density at radius 3 is 1.50 bits per heavy atom. The minimum absolute atomic E-state index is 0.167. The number of hydrogen-bond acceptors (Lipinski definition) is 2. The van der Waals surface area contributed by atoms with Crippen molar-refractivity contribution >= 4 is 12.0 Å². The van der Waals surface area contributed by atoms with Crippen LogP contribution in [0.4, 0.5) is 0 Å². The number of rotatable bonds is 7. The first-order chi connectivity index (χ1) is 13.2.